The van der Waals surface area contributed by atoms with E-state index in [-0.39, 0.29) is 5.97 Å². The molecule has 0 atom stereocenters. The summed E-state index contributed by atoms with van der Waals surface area (Å²) in [6.45, 7) is 13.6. The highest BCUT2D eigenvalue weighted by Crippen LogP contribution is 2.14. The van der Waals surface area contributed by atoms with Crippen LogP contribution in [0.1, 0.15) is 138 Å². The van der Waals surface area contributed by atoms with Gasteiger partial charge in [0, 0.05) is 6.42 Å². The van der Waals surface area contributed by atoms with E-state index in [2.05, 4.69) is 65.8 Å². The molecular weight excluding hydrogens is 404 g/mol. The van der Waals surface area contributed by atoms with E-state index in [1.807, 2.05) is 0 Å². The second kappa shape index (κ2) is 22.2. The van der Waals surface area contributed by atoms with Crippen molar-refractivity contribution < 1.29 is 9.53 Å². The molecule has 0 saturated heterocycles. The number of hydrogen-bond donors (Lipinski definition) is 0. The summed E-state index contributed by atoms with van der Waals surface area (Å²) in [6, 6.07) is 0. The molecule has 0 aliphatic rings. The number of ether oxygens (including phenoxy) is 1. The average molecular weight is 459 g/mol. The largest absolute Gasteiger partial charge is 0.461 e. The summed E-state index contributed by atoms with van der Waals surface area (Å²) in [6.07, 6.45) is 26.4. The first-order chi connectivity index (χ1) is 15.8. The molecule has 0 aromatic heterocycles. The van der Waals surface area contributed by atoms with Gasteiger partial charge in [0.25, 0.3) is 0 Å². The van der Waals surface area contributed by atoms with E-state index in [4.69, 9.17) is 4.74 Å². The van der Waals surface area contributed by atoms with E-state index in [0.717, 1.165) is 44.9 Å². The van der Waals surface area contributed by atoms with Gasteiger partial charge in [-0.25, -0.2) is 0 Å². The molecule has 0 aromatic rings. The molecule has 190 valence electrons. The number of rotatable bonds is 20. The number of carbonyl (C=O) groups excluding carboxylic acids is 1. The summed E-state index contributed by atoms with van der Waals surface area (Å²) in [5, 5.41) is 0. The summed E-state index contributed by atoms with van der Waals surface area (Å²) >= 11 is 0. The monoisotopic (exact) mass is 458 g/mol. The van der Waals surface area contributed by atoms with Gasteiger partial charge in [0.1, 0.15) is 6.61 Å². The highest BCUT2D eigenvalue weighted by atomic mass is 16.5. The lowest BCUT2D eigenvalue weighted by molar-refractivity contribution is -0.142. The third-order valence-electron chi connectivity index (χ3n) is 6.06. The smallest absolute Gasteiger partial charge is 0.306 e. The van der Waals surface area contributed by atoms with Crippen molar-refractivity contribution in [3.63, 3.8) is 0 Å². The van der Waals surface area contributed by atoms with Crippen LogP contribution < -0.4 is 0 Å². The van der Waals surface area contributed by atoms with Crippen molar-refractivity contribution in [2.75, 3.05) is 6.61 Å². The zero-order valence-electron chi connectivity index (χ0n) is 22.9. The standard InChI is InChI=1S/C31H54O2/c1-7-8-9-10-11-12-13-14-24-31(32)33-26-25-30(6)23-17-22-29(5)21-16-20-28(4)19-15-18-27(2)3/h18,20,22,25H,7-17,19,21,23-24,26H2,1-6H3. The molecule has 0 fully saturated rings. The van der Waals surface area contributed by atoms with Crippen molar-refractivity contribution >= 4 is 5.97 Å². The van der Waals surface area contributed by atoms with Crippen LogP contribution in [0.15, 0.2) is 46.6 Å². The third kappa shape index (κ3) is 23.4. The fourth-order valence-corrected chi connectivity index (χ4v) is 3.74. The van der Waals surface area contributed by atoms with E-state index in [9.17, 15) is 4.79 Å². The van der Waals surface area contributed by atoms with Crippen molar-refractivity contribution in [2.24, 2.45) is 0 Å². The lowest BCUT2D eigenvalue weighted by atomic mass is 10.0. The van der Waals surface area contributed by atoms with Crippen molar-refractivity contribution in [1.82, 2.24) is 0 Å². The second-order valence-corrected chi connectivity index (χ2v) is 9.96. The number of allylic oxidation sites excluding steroid dienone is 7. The molecule has 0 spiro atoms. The number of unbranched alkanes of at least 4 members (excludes halogenated alkanes) is 7. The minimum absolute atomic E-state index is 0.0510. The molecule has 0 aliphatic heterocycles. The zero-order chi connectivity index (χ0) is 24.7. The van der Waals surface area contributed by atoms with Gasteiger partial charge in [0.15, 0.2) is 0 Å². The molecule has 0 radical (unpaired) electrons. The highest BCUT2D eigenvalue weighted by molar-refractivity contribution is 5.69. The van der Waals surface area contributed by atoms with E-state index in [0.29, 0.717) is 13.0 Å². The maximum Gasteiger partial charge on any atom is 0.306 e. The maximum absolute atomic E-state index is 11.9. The first kappa shape index (κ1) is 31.4. The quantitative estimate of drug-likeness (QED) is 0.103. The van der Waals surface area contributed by atoms with Gasteiger partial charge in [-0.2, -0.15) is 0 Å². The predicted molar refractivity (Wildman–Crippen MR) is 147 cm³/mol. The Balaban J connectivity index is 3.84. The molecule has 0 amide bonds. The van der Waals surface area contributed by atoms with E-state index in [1.54, 1.807) is 0 Å². The van der Waals surface area contributed by atoms with Crippen LogP contribution in [0.4, 0.5) is 0 Å². The van der Waals surface area contributed by atoms with Gasteiger partial charge in [-0.3, -0.25) is 4.79 Å². The average Bonchev–Trinajstić information content (AvgIpc) is 2.75. The normalized spacial score (nSPS) is 12.7. The summed E-state index contributed by atoms with van der Waals surface area (Å²) in [4.78, 5) is 11.9. The summed E-state index contributed by atoms with van der Waals surface area (Å²) in [5.74, 6) is -0.0510. The van der Waals surface area contributed by atoms with Gasteiger partial charge in [-0.1, -0.05) is 92.4 Å². The fourth-order valence-electron chi connectivity index (χ4n) is 3.74. The van der Waals surface area contributed by atoms with Gasteiger partial charge in [-0.05, 0) is 85.6 Å². The van der Waals surface area contributed by atoms with E-state index < -0.39 is 0 Å². The molecule has 0 rings (SSSR count). The van der Waals surface area contributed by atoms with Crippen molar-refractivity contribution in [3.05, 3.63) is 46.6 Å². The molecule has 0 heterocycles. The SMILES string of the molecule is CCCCCCCCCCC(=O)OCC=C(C)CCC=C(C)CCC=C(C)CCC=C(C)C. The van der Waals surface area contributed by atoms with Crippen LogP contribution in [0, 0.1) is 0 Å². The molecule has 0 aromatic carbocycles. The Kier molecular flexibility index (Phi) is 21.2. The number of hydrogen-bond acceptors (Lipinski definition) is 2. The second-order valence-electron chi connectivity index (χ2n) is 9.96. The van der Waals surface area contributed by atoms with Gasteiger partial charge >= 0.3 is 5.97 Å². The Morgan fingerprint density at radius 2 is 1.03 bits per heavy atom. The summed E-state index contributed by atoms with van der Waals surface area (Å²) < 4.78 is 5.38. The van der Waals surface area contributed by atoms with Crippen LogP contribution in [0.2, 0.25) is 0 Å². The van der Waals surface area contributed by atoms with Crippen LogP contribution in [-0.4, -0.2) is 12.6 Å². The van der Waals surface area contributed by atoms with Gasteiger partial charge < -0.3 is 4.74 Å². The van der Waals surface area contributed by atoms with Crippen LogP contribution in [-0.2, 0) is 9.53 Å². The first-order valence-electron chi connectivity index (χ1n) is 13.6. The Labute approximate surface area is 206 Å². The number of carbonyl (C=O) groups is 1. The molecule has 2 heteroatoms. The Bertz CT molecular complexity index is 615. The van der Waals surface area contributed by atoms with Gasteiger partial charge in [-0.15, -0.1) is 0 Å². The molecule has 2 nitrogen and oxygen atoms in total. The fraction of sp³-hybridized carbons (Fsp3) is 0.710. The van der Waals surface area contributed by atoms with Crippen molar-refractivity contribution in [2.45, 2.75) is 138 Å². The zero-order valence-corrected chi connectivity index (χ0v) is 22.9. The number of esters is 1. The predicted octanol–water partition coefficient (Wildman–Crippen LogP) is 10.2. The minimum atomic E-state index is -0.0510. The Morgan fingerprint density at radius 1 is 0.576 bits per heavy atom. The molecule has 0 unspecified atom stereocenters. The lowest BCUT2D eigenvalue weighted by Gasteiger charge is -2.05. The third-order valence-corrected chi connectivity index (χ3v) is 6.06. The topological polar surface area (TPSA) is 26.3 Å². The molecule has 33 heavy (non-hydrogen) atoms. The molecule has 0 N–H and O–H groups in total. The minimum Gasteiger partial charge on any atom is -0.461 e. The van der Waals surface area contributed by atoms with Crippen LogP contribution in [0.3, 0.4) is 0 Å². The van der Waals surface area contributed by atoms with Crippen molar-refractivity contribution in [3.8, 4) is 0 Å². The van der Waals surface area contributed by atoms with E-state index in [1.165, 1.54) is 67.2 Å². The Morgan fingerprint density at radius 3 is 1.55 bits per heavy atom. The summed E-state index contributed by atoms with van der Waals surface area (Å²) in [5.41, 5.74) is 5.67. The van der Waals surface area contributed by atoms with Crippen LogP contribution in [0.25, 0.3) is 0 Å². The maximum atomic E-state index is 11.9. The van der Waals surface area contributed by atoms with Gasteiger partial charge in [0.05, 0.1) is 0 Å². The van der Waals surface area contributed by atoms with Crippen molar-refractivity contribution in [1.29, 1.82) is 0 Å². The molecule has 0 saturated carbocycles. The molecule has 0 aliphatic carbocycles. The highest BCUT2D eigenvalue weighted by Gasteiger charge is 2.02. The lowest BCUT2D eigenvalue weighted by Crippen LogP contribution is -2.04. The first-order valence-corrected chi connectivity index (χ1v) is 13.6. The molecular formula is C31H54O2. The molecule has 0 bridgehead atoms. The van der Waals surface area contributed by atoms with Crippen LogP contribution in [0.5, 0.6) is 0 Å². The Hall–Kier alpha value is -1.57. The van der Waals surface area contributed by atoms with Gasteiger partial charge in [0.2, 0.25) is 0 Å². The van der Waals surface area contributed by atoms with E-state index >= 15 is 0 Å². The van der Waals surface area contributed by atoms with Crippen LogP contribution >= 0.6 is 0 Å². The summed E-state index contributed by atoms with van der Waals surface area (Å²) in [7, 11) is 0.